The number of carboxylic acids is 1. The van der Waals surface area contributed by atoms with Crippen molar-refractivity contribution in [3.05, 3.63) is 41.3 Å². The average Bonchev–Trinajstić information content (AvgIpc) is 2.70. The van der Waals surface area contributed by atoms with Gasteiger partial charge in [0.05, 0.1) is 5.69 Å². The van der Waals surface area contributed by atoms with Crippen molar-refractivity contribution >= 4 is 5.97 Å². The summed E-state index contributed by atoms with van der Waals surface area (Å²) in [6.07, 6.45) is -0.153. The molecule has 0 saturated carbocycles. The molecule has 0 radical (unpaired) electrons. The Balaban J connectivity index is 2.30. The summed E-state index contributed by atoms with van der Waals surface area (Å²) in [6, 6.07) is 7.51. The van der Waals surface area contributed by atoms with Crippen molar-refractivity contribution in [3.63, 3.8) is 0 Å². The van der Waals surface area contributed by atoms with E-state index >= 15 is 0 Å². The zero-order chi connectivity index (χ0) is 13.1. The van der Waals surface area contributed by atoms with Gasteiger partial charge >= 0.3 is 5.97 Å². The van der Waals surface area contributed by atoms with E-state index in [0.717, 1.165) is 11.1 Å². The summed E-state index contributed by atoms with van der Waals surface area (Å²) in [5, 5.41) is 8.74. The summed E-state index contributed by atoms with van der Waals surface area (Å²) in [5.41, 5.74) is 7.96. The predicted octanol–water partition coefficient (Wildman–Crippen LogP) is 1.74. The number of hydrogen-bond acceptors (Lipinski definition) is 4. The van der Waals surface area contributed by atoms with Crippen LogP contribution in [0.4, 0.5) is 0 Å². The molecule has 1 heterocycles. The van der Waals surface area contributed by atoms with Crippen molar-refractivity contribution in [2.24, 2.45) is 5.73 Å². The Hall–Kier alpha value is -2.14. The minimum Gasteiger partial charge on any atom is -0.481 e. The monoisotopic (exact) mass is 246 g/mol. The first kappa shape index (κ1) is 12.3. The summed E-state index contributed by atoms with van der Waals surface area (Å²) in [5.74, 6) is -0.105. The van der Waals surface area contributed by atoms with Crippen LogP contribution in [0.2, 0.25) is 0 Å². The number of benzene rings is 1. The fourth-order valence-corrected chi connectivity index (χ4v) is 1.64. The van der Waals surface area contributed by atoms with Crippen LogP contribution in [0.3, 0.4) is 0 Å². The third-order valence-corrected chi connectivity index (χ3v) is 2.64. The largest absolute Gasteiger partial charge is 0.481 e. The van der Waals surface area contributed by atoms with Crippen LogP contribution in [-0.4, -0.2) is 16.1 Å². The van der Waals surface area contributed by atoms with Gasteiger partial charge in [0.1, 0.15) is 12.2 Å². The molecular weight excluding hydrogens is 232 g/mol. The average molecular weight is 246 g/mol. The quantitative estimate of drug-likeness (QED) is 0.857. The molecule has 0 aliphatic heterocycles. The van der Waals surface area contributed by atoms with Crippen molar-refractivity contribution in [1.29, 1.82) is 0 Å². The van der Waals surface area contributed by atoms with Gasteiger partial charge in [-0.1, -0.05) is 12.1 Å². The van der Waals surface area contributed by atoms with Gasteiger partial charge < -0.3 is 15.3 Å². The molecule has 2 aromatic rings. The molecule has 0 aliphatic carbocycles. The molecule has 0 saturated heterocycles. The second-order valence-corrected chi connectivity index (χ2v) is 4.00. The summed E-state index contributed by atoms with van der Waals surface area (Å²) in [6.45, 7) is 2.22. The highest BCUT2D eigenvalue weighted by Crippen LogP contribution is 2.22. The molecule has 0 spiro atoms. The number of hydrogen-bond donors (Lipinski definition) is 2. The normalized spacial score (nSPS) is 10.6. The SMILES string of the molecule is Cc1nc(-c2ccc(CN)cc2)oc1CC(=O)O. The number of nitrogens with zero attached hydrogens (tertiary/aromatic N) is 1. The highest BCUT2D eigenvalue weighted by atomic mass is 16.4. The second kappa shape index (κ2) is 5.01. The Labute approximate surface area is 104 Å². The third-order valence-electron chi connectivity index (χ3n) is 2.64. The fourth-order valence-electron chi connectivity index (χ4n) is 1.64. The first-order valence-corrected chi connectivity index (χ1v) is 5.57. The molecule has 94 valence electrons. The Morgan fingerprint density at radius 2 is 2.06 bits per heavy atom. The molecule has 0 fully saturated rings. The molecule has 0 bridgehead atoms. The molecule has 18 heavy (non-hydrogen) atoms. The standard InChI is InChI=1S/C13H14N2O3/c1-8-11(6-12(16)17)18-13(15-8)10-4-2-9(7-14)3-5-10/h2-5H,6-7,14H2,1H3,(H,16,17). The number of carbonyl (C=O) groups is 1. The van der Waals surface area contributed by atoms with Crippen LogP contribution in [0.1, 0.15) is 17.0 Å². The van der Waals surface area contributed by atoms with Crippen LogP contribution in [0.25, 0.3) is 11.5 Å². The molecule has 5 heteroatoms. The van der Waals surface area contributed by atoms with Crippen molar-refractivity contribution < 1.29 is 14.3 Å². The van der Waals surface area contributed by atoms with Crippen molar-refractivity contribution in [2.45, 2.75) is 19.9 Å². The number of carboxylic acid groups (broad SMARTS) is 1. The molecule has 1 aromatic carbocycles. The lowest BCUT2D eigenvalue weighted by Crippen LogP contribution is -1.99. The number of aryl methyl sites for hydroxylation is 1. The van der Waals surface area contributed by atoms with Crippen LogP contribution >= 0.6 is 0 Å². The van der Waals surface area contributed by atoms with E-state index in [-0.39, 0.29) is 6.42 Å². The van der Waals surface area contributed by atoms with E-state index in [1.807, 2.05) is 24.3 Å². The van der Waals surface area contributed by atoms with E-state index in [4.69, 9.17) is 15.3 Å². The number of oxazole rings is 1. The van der Waals surface area contributed by atoms with Crippen LogP contribution < -0.4 is 5.73 Å². The fraction of sp³-hybridized carbons (Fsp3) is 0.231. The summed E-state index contributed by atoms with van der Waals surface area (Å²) in [7, 11) is 0. The lowest BCUT2D eigenvalue weighted by Gasteiger charge is -1.98. The molecule has 3 N–H and O–H groups in total. The first-order chi connectivity index (χ1) is 8.60. The van der Waals surface area contributed by atoms with Gasteiger partial charge in [-0.3, -0.25) is 4.79 Å². The summed E-state index contributed by atoms with van der Waals surface area (Å²) in [4.78, 5) is 14.9. The molecule has 2 rings (SSSR count). The summed E-state index contributed by atoms with van der Waals surface area (Å²) < 4.78 is 5.46. The molecular formula is C13H14N2O3. The Morgan fingerprint density at radius 1 is 1.39 bits per heavy atom. The van der Waals surface area contributed by atoms with E-state index < -0.39 is 5.97 Å². The van der Waals surface area contributed by atoms with Crippen LogP contribution in [-0.2, 0) is 17.8 Å². The van der Waals surface area contributed by atoms with Gasteiger partial charge in [0.2, 0.25) is 5.89 Å². The first-order valence-electron chi connectivity index (χ1n) is 5.57. The Morgan fingerprint density at radius 3 is 2.61 bits per heavy atom. The highest BCUT2D eigenvalue weighted by molar-refractivity contribution is 5.70. The van der Waals surface area contributed by atoms with E-state index in [1.54, 1.807) is 6.92 Å². The lowest BCUT2D eigenvalue weighted by atomic mass is 10.1. The number of aliphatic carboxylic acids is 1. The van der Waals surface area contributed by atoms with E-state index in [9.17, 15) is 4.79 Å². The zero-order valence-electron chi connectivity index (χ0n) is 10.0. The Kier molecular flexibility index (Phi) is 3.43. The summed E-state index contributed by atoms with van der Waals surface area (Å²) >= 11 is 0. The second-order valence-electron chi connectivity index (χ2n) is 4.00. The van der Waals surface area contributed by atoms with Gasteiger partial charge in [0.15, 0.2) is 0 Å². The van der Waals surface area contributed by atoms with Gasteiger partial charge in [-0.05, 0) is 24.6 Å². The third kappa shape index (κ3) is 2.57. The maximum atomic E-state index is 10.6. The maximum Gasteiger partial charge on any atom is 0.311 e. The van der Waals surface area contributed by atoms with Crippen LogP contribution in [0.15, 0.2) is 28.7 Å². The molecule has 5 nitrogen and oxygen atoms in total. The van der Waals surface area contributed by atoms with Gasteiger partial charge in [-0.15, -0.1) is 0 Å². The van der Waals surface area contributed by atoms with Gasteiger partial charge in [-0.25, -0.2) is 4.98 Å². The van der Waals surface area contributed by atoms with Crippen molar-refractivity contribution in [3.8, 4) is 11.5 Å². The number of aromatic nitrogens is 1. The smallest absolute Gasteiger partial charge is 0.311 e. The molecule has 1 aromatic heterocycles. The minimum absolute atomic E-state index is 0.153. The molecule has 0 unspecified atom stereocenters. The lowest BCUT2D eigenvalue weighted by molar-refractivity contribution is -0.136. The van der Waals surface area contributed by atoms with Crippen molar-refractivity contribution in [2.75, 3.05) is 0 Å². The predicted molar refractivity (Wildman–Crippen MR) is 65.9 cm³/mol. The van der Waals surface area contributed by atoms with E-state index in [2.05, 4.69) is 4.98 Å². The van der Waals surface area contributed by atoms with E-state index in [1.165, 1.54) is 0 Å². The molecule has 0 amide bonds. The van der Waals surface area contributed by atoms with Gasteiger partial charge in [0, 0.05) is 12.1 Å². The number of nitrogens with two attached hydrogens (primary N) is 1. The molecule has 0 atom stereocenters. The highest BCUT2D eigenvalue weighted by Gasteiger charge is 2.13. The Bertz CT molecular complexity index is 558. The van der Waals surface area contributed by atoms with Crippen molar-refractivity contribution in [1.82, 2.24) is 4.98 Å². The molecule has 0 aliphatic rings. The number of rotatable bonds is 4. The minimum atomic E-state index is -0.931. The van der Waals surface area contributed by atoms with Crippen LogP contribution in [0, 0.1) is 6.92 Å². The van der Waals surface area contributed by atoms with Crippen LogP contribution in [0.5, 0.6) is 0 Å². The van der Waals surface area contributed by atoms with E-state index in [0.29, 0.717) is 23.9 Å². The zero-order valence-corrected chi connectivity index (χ0v) is 10.0. The van der Waals surface area contributed by atoms with Gasteiger partial charge in [-0.2, -0.15) is 0 Å². The maximum absolute atomic E-state index is 10.6. The topological polar surface area (TPSA) is 89.4 Å². The van der Waals surface area contributed by atoms with Gasteiger partial charge in [0.25, 0.3) is 0 Å².